The predicted octanol–water partition coefficient (Wildman–Crippen LogP) is 14.0. The Balaban J connectivity index is 1.22. The lowest BCUT2D eigenvalue weighted by atomic mass is 9.26. The summed E-state index contributed by atoms with van der Waals surface area (Å²) in [5.74, 6) is 0. The van der Waals surface area contributed by atoms with Gasteiger partial charge in [-0.25, -0.2) is 0 Å². The molecular weight excluding hydrogens is 673 g/mol. The largest absolute Gasteiger partial charge is 0.0839 e. The van der Waals surface area contributed by atoms with Crippen LogP contribution in [0.3, 0.4) is 0 Å². The van der Waals surface area contributed by atoms with Crippen LogP contribution in [0.4, 0.5) is 0 Å². The highest BCUT2D eigenvalue weighted by Crippen LogP contribution is 2.82. The summed E-state index contributed by atoms with van der Waals surface area (Å²) < 4.78 is 0. The first-order valence-electron chi connectivity index (χ1n) is 22.1. The molecule has 6 fully saturated rings. The van der Waals surface area contributed by atoms with Crippen molar-refractivity contribution in [1.29, 1.82) is 0 Å². The first kappa shape index (κ1) is 34.8. The molecule has 0 amide bonds. The third-order valence-electron chi connectivity index (χ3n) is 17.1. The Kier molecular flexibility index (Phi) is 7.95. The van der Waals surface area contributed by atoms with Crippen molar-refractivity contribution in [3.05, 3.63) is 203 Å². The van der Waals surface area contributed by atoms with E-state index < -0.39 is 0 Å². The van der Waals surface area contributed by atoms with Gasteiger partial charge in [0.05, 0.1) is 0 Å². The second-order valence-corrected chi connectivity index (χ2v) is 20.2. The summed E-state index contributed by atoms with van der Waals surface area (Å²) >= 11 is 0. The minimum absolute atomic E-state index is 0.101. The number of rotatable bonds is 8. The van der Waals surface area contributed by atoms with Gasteiger partial charge in [0.2, 0.25) is 0 Å². The van der Waals surface area contributed by atoms with Gasteiger partial charge >= 0.3 is 0 Å². The average Bonchev–Trinajstić information content (AvgIpc) is 3.25. The van der Waals surface area contributed by atoms with Crippen molar-refractivity contribution < 1.29 is 0 Å². The Morgan fingerprint density at radius 1 is 0.375 bits per heavy atom. The fraction of sp³-hybridized carbons (Fsp3) is 0.393. The lowest BCUT2D eigenvalue weighted by Crippen LogP contribution is -2.71. The zero-order valence-electron chi connectivity index (χ0n) is 33.3. The van der Waals surface area contributed by atoms with Crippen LogP contribution in [-0.4, -0.2) is 0 Å². The minimum atomic E-state index is 0.101. The topological polar surface area (TPSA) is 0 Å². The van der Waals surface area contributed by atoms with Crippen molar-refractivity contribution in [3.63, 3.8) is 0 Å². The molecule has 4 atom stereocenters. The van der Waals surface area contributed by atoms with Crippen LogP contribution in [0.1, 0.15) is 118 Å². The van der Waals surface area contributed by atoms with Crippen LogP contribution in [0, 0.1) is 16.2 Å². The van der Waals surface area contributed by atoms with Crippen molar-refractivity contribution in [3.8, 4) is 0 Å². The lowest BCUT2D eigenvalue weighted by molar-refractivity contribution is -0.209. The highest BCUT2D eigenvalue weighted by Gasteiger charge is 2.75. The van der Waals surface area contributed by atoms with Crippen LogP contribution >= 0.6 is 0 Å². The van der Waals surface area contributed by atoms with Crippen molar-refractivity contribution in [1.82, 2.24) is 0 Å². The molecule has 12 rings (SSSR count). The van der Waals surface area contributed by atoms with Gasteiger partial charge in [0.15, 0.2) is 0 Å². The van der Waals surface area contributed by atoms with Gasteiger partial charge in [-0.3, -0.25) is 0 Å². The lowest BCUT2D eigenvalue weighted by Gasteiger charge is -2.77. The number of fused-ring (bicyclic) bond motifs is 2. The summed E-state index contributed by atoms with van der Waals surface area (Å²) in [6.45, 7) is 0. The van der Waals surface area contributed by atoms with E-state index in [0.29, 0.717) is 0 Å². The van der Waals surface area contributed by atoms with Gasteiger partial charge in [-0.05, 0) is 161 Å². The average molecular weight is 731 g/mol. The Morgan fingerprint density at radius 3 is 1.25 bits per heavy atom. The van der Waals surface area contributed by atoms with E-state index >= 15 is 0 Å². The molecule has 5 aromatic rings. The Morgan fingerprint density at radius 2 is 0.786 bits per heavy atom. The molecule has 6 bridgehead atoms. The van der Waals surface area contributed by atoms with Gasteiger partial charge in [0.1, 0.15) is 0 Å². The third kappa shape index (κ3) is 5.23. The molecule has 0 saturated heterocycles. The van der Waals surface area contributed by atoms with Crippen molar-refractivity contribution in [2.45, 2.75) is 118 Å². The molecule has 0 N–H and O–H groups in total. The molecule has 5 aromatic carbocycles. The van der Waals surface area contributed by atoms with Crippen LogP contribution in [0.15, 0.2) is 175 Å². The van der Waals surface area contributed by atoms with Crippen LogP contribution in [0.5, 0.6) is 0 Å². The smallest absolute Gasteiger partial charge is 0.00245 e. The van der Waals surface area contributed by atoms with E-state index in [1.807, 2.05) is 0 Å². The molecule has 0 aliphatic heterocycles. The third-order valence-corrected chi connectivity index (χ3v) is 17.1. The summed E-state index contributed by atoms with van der Waals surface area (Å²) in [7, 11) is 0. The van der Waals surface area contributed by atoms with E-state index in [-0.39, 0.29) is 37.9 Å². The van der Waals surface area contributed by atoms with Crippen LogP contribution in [0.2, 0.25) is 0 Å². The molecule has 7 aliphatic rings. The molecule has 0 radical (unpaired) electrons. The van der Waals surface area contributed by atoms with Crippen LogP contribution in [0.25, 0.3) is 0 Å². The van der Waals surface area contributed by atoms with E-state index in [9.17, 15) is 0 Å². The number of hydrogen-bond acceptors (Lipinski definition) is 0. The maximum atomic E-state index is 2.70. The first-order chi connectivity index (χ1) is 27.4. The summed E-state index contributed by atoms with van der Waals surface area (Å²) in [5.41, 5.74) is 10.6. The van der Waals surface area contributed by atoms with Crippen LogP contribution in [-0.2, 0) is 28.1 Å². The van der Waals surface area contributed by atoms with Gasteiger partial charge < -0.3 is 0 Å². The number of hydrogen-bond donors (Lipinski definition) is 0. The zero-order chi connectivity index (χ0) is 37.4. The Hall–Kier alpha value is -4.42. The SMILES string of the molecule is C1=CC(C23CC4(c5ccccc5)CC(c5ccccc5)(C2)CC(C2(Cc5ccccc5)CC5(c6ccccc6)CCCC(c6ccccc6)(C5)C2)(C3)C4)=CCC1. The zero-order valence-corrected chi connectivity index (χ0v) is 33.3. The maximum absolute atomic E-state index is 2.70. The van der Waals surface area contributed by atoms with Crippen LogP contribution < -0.4 is 0 Å². The van der Waals surface area contributed by atoms with Crippen molar-refractivity contribution in [2.24, 2.45) is 16.2 Å². The molecule has 7 aliphatic carbocycles. The van der Waals surface area contributed by atoms with E-state index in [0.717, 1.165) is 6.42 Å². The monoisotopic (exact) mass is 730 g/mol. The van der Waals surface area contributed by atoms with Gasteiger partial charge in [0.25, 0.3) is 0 Å². The van der Waals surface area contributed by atoms with Gasteiger partial charge in [-0.15, -0.1) is 0 Å². The normalized spacial score (nSPS) is 36.9. The number of benzene rings is 5. The van der Waals surface area contributed by atoms with Gasteiger partial charge in [-0.2, -0.15) is 0 Å². The molecule has 4 unspecified atom stereocenters. The summed E-state index contributed by atoms with van der Waals surface area (Å²) in [4.78, 5) is 0. The minimum Gasteiger partial charge on any atom is -0.0839 e. The van der Waals surface area contributed by atoms with E-state index in [4.69, 9.17) is 0 Å². The van der Waals surface area contributed by atoms with Crippen molar-refractivity contribution in [2.75, 3.05) is 0 Å². The standard InChI is InChI=1S/C56H58/c1-7-20-44(21-8-1)34-55(39-50(45-22-9-2-10-23-45)32-19-33-51(35-50,40-55)46-24-11-3-12-25-46)56-41-52(47-26-13-4-14-27-47)36-53(42-56,48-28-15-5-16-29-48)38-54(37-52,43-56)49-30-17-6-18-31-49/h1-5,7-17,20-31H,6,18-19,32-43H2. The quantitative estimate of drug-likeness (QED) is 0.149. The Labute approximate surface area is 336 Å². The molecule has 0 nitrogen and oxygen atoms in total. The van der Waals surface area contributed by atoms with Crippen molar-refractivity contribution >= 4 is 0 Å². The van der Waals surface area contributed by atoms with Gasteiger partial charge in [-0.1, -0.05) is 176 Å². The Bertz CT molecular complexity index is 2140. The summed E-state index contributed by atoms with van der Waals surface area (Å²) in [6.07, 6.45) is 26.9. The molecule has 282 valence electrons. The molecule has 0 spiro atoms. The second kappa shape index (κ2) is 12.8. The fourth-order valence-corrected chi connectivity index (χ4v) is 15.9. The van der Waals surface area contributed by atoms with E-state index in [2.05, 4.69) is 170 Å². The predicted molar refractivity (Wildman–Crippen MR) is 232 cm³/mol. The summed E-state index contributed by atoms with van der Waals surface area (Å²) in [5, 5.41) is 0. The van der Waals surface area contributed by atoms with E-state index in [1.165, 1.54) is 89.9 Å². The molecular formula is C56H58. The highest BCUT2D eigenvalue weighted by molar-refractivity contribution is 5.48. The molecule has 0 aromatic heterocycles. The molecule has 0 heteroatoms. The number of allylic oxidation sites excluding steroid dienone is 4. The molecule has 0 heterocycles. The van der Waals surface area contributed by atoms with Gasteiger partial charge in [0, 0.05) is 0 Å². The maximum Gasteiger partial charge on any atom is -0.00245 e. The fourth-order valence-electron chi connectivity index (χ4n) is 15.9. The second-order valence-electron chi connectivity index (χ2n) is 20.2. The molecule has 56 heavy (non-hydrogen) atoms. The van der Waals surface area contributed by atoms with E-state index in [1.54, 1.807) is 33.4 Å². The molecule has 6 saturated carbocycles. The first-order valence-corrected chi connectivity index (χ1v) is 22.1. The summed E-state index contributed by atoms with van der Waals surface area (Å²) in [6, 6.07) is 59.8. The highest BCUT2D eigenvalue weighted by atomic mass is 14.8.